The molecule has 0 saturated heterocycles. The molecule has 1 unspecified atom stereocenters. The first-order valence-corrected chi connectivity index (χ1v) is 7.93. The number of nitrogens with zero attached hydrogens (tertiary/aromatic N) is 3. The Morgan fingerprint density at radius 1 is 1.30 bits per heavy atom. The third-order valence-electron chi connectivity index (χ3n) is 3.97. The van der Waals surface area contributed by atoms with Crippen molar-refractivity contribution in [2.75, 3.05) is 6.54 Å². The normalized spacial score (nSPS) is 19.1. The molecule has 0 spiro atoms. The molecule has 0 radical (unpaired) electrons. The van der Waals surface area contributed by atoms with Gasteiger partial charge < -0.3 is 9.88 Å². The molecule has 1 atom stereocenters. The molecule has 20 heavy (non-hydrogen) atoms. The Bertz CT molecular complexity index is 613. The van der Waals surface area contributed by atoms with Gasteiger partial charge >= 0.3 is 0 Å². The van der Waals surface area contributed by atoms with Gasteiger partial charge in [0.25, 0.3) is 0 Å². The first kappa shape index (κ1) is 13.8. The highest BCUT2D eigenvalue weighted by Gasteiger charge is 2.34. The van der Waals surface area contributed by atoms with Crippen molar-refractivity contribution in [3.8, 4) is 10.7 Å². The van der Waals surface area contributed by atoms with E-state index in [2.05, 4.69) is 60.8 Å². The number of hydrogen-bond acceptors (Lipinski definition) is 4. The van der Waals surface area contributed by atoms with Crippen molar-refractivity contribution in [2.45, 2.75) is 47.2 Å². The van der Waals surface area contributed by atoms with E-state index in [1.807, 2.05) is 11.3 Å². The van der Waals surface area contributed by atoms with E-state index in [4.69, 9.17) is 0 Å². The quantitative estimate of drug-likeness (QED) is 0.876. The van der Waals surface area contributed by atoms with Gasteiger partial charge in [0.15, 0.2) is 11.6 Å². The predicted molar refractivity (Wildman–Crippen MR) is 83.0 cm³/mol. The van der Waals surface area contributed by atoms with Gasteiger partial charge in [-0.05, 0) is 30.9 Å². The molecule has 0 aliphatic carbocycles. The van der Waals surface area contributed by atoms with Gasteiger partial charge in [0, 0.05) is 18.0 Å². The fourth-order valence-electron chi connectivity index (χ4n) is 2.72. The smallest absolute Gasteiger partial charge is 0.174 e. The van der Waals surface area contributed by atoms with Crippen LogP contribution in [0.1, 0.15) is 43.1 Å². The van der Waals surface area contributed by atoms with Crippen LogP contribution in [0.3, 0.4) is 0 Å². The van der Waals surface area contributed by atoms with Gasteiger partial charge in [-0.3, -0.25) is 0 Å². The van der Waals surface area contributed by atoms with Gasteiger partial charge in [-0.2, -0.15) is 0 Å². The average molecular weight is 290 g/mol. The SMILES string of the molecule is Cc1cc(-c2nnc3n2CCNC3C(C)(C)C)sc1C. The molecular formula is C15H22N4S. The molecule has 0 aromatic carbocycles. The first-order chi connectivity index (χ1) is 9.38. The predicted octanol–water partition coefficient (Wildman–Crippen LogP) is 3.31. The van der Waals surface area contributed by atoms with Crippen LogP contribution in [0.25, 0.3) is 10.7 Å². The number of fused-ring (bicyclic) bond motifs is 1. The lowest BCUT2D eigenvalue weighted by molar-refractivity contribution is 0.234. The van der Waals surface area contributed by atoms with Gasteiger partial charge in [-0.1, -0.05) is 20.8 Å². The number of rotatable bonds is 1. The molecule has 108 valence electrons. The summed E-state index contributed by atoms with van der Waals surface area (Å²) in [6, 6.07) is 2.49. The molecule has 0 amide bonds. The minimum absolute atomic E-state index is 0.143. The fourth-order valence-corrected chi connectivity index (χ4v) is 3.75. The number of aromatic nitrogens is 3. The summed E-state index contributed by atoms with van der Waals surface area (Å²) < 4.78 is 2.29. The van der Waals surface area contributed by atoms with E-state index >= 15 is 0 Å². The van der Waals surface area contributed by atoms with E-state index in [9.17, 15) is 0 Å². The van der Waals surface area contributed by atoms with Crippen LogP contribution in [0.15, 0.2) is 6.07 Å². The zero-order valence-electron chi connectivity index (χ0n) is 12.8. The molecule has 3 rings (SSSR count). The zero-order chi connectivity index (χ0) is 14.5. The van der Waals surface area contributed by atoms with Gasteiger partial charge in [0.05, 0.1) is 10.9 Å². The minimum Gasteiger partial charge on any atom is -0.308 e. The van der Waals surface area contributed by atoms with Crippen LogP contribution in [0.4, 0.5) is 0 Å². The Kier molecular flexibility index (Phi) is 3.21. The number of hydrogen-bond donors (Lipinski definition) is 1. The van der Waals surface area contributed by atoms with E-state index < -0.39 is 0 Å². The van der Waals surface area contributed by atoms with Gasteiger partial charge in [-0.25, -0.2) is 0 Å². The molecule has 1 aliphatic rings. The third kappa shape index (κ3) is 2.19. The number of thiophene rings is 1. The molecule has 2 aromatic heterocycles. The lowest BCUT2D eigenvalue weighted by Gasteiger charge is -2.34. The Morgan fingerprint density at radius 3 is 2.65 bits per heavy atom. The number of aryl methyl sites for hydroxylation is 2. The van der Waals surface area contributed by atoms with Crippen molar-refractivity contribution in [1.82, 2.24) is 20.1 Å². The molecule has 0 saturated carbocycles. The molecule has 4 nitrogen and oxygen atoms in total. The second kappa shape index (κ2) is 4.67. The monoisotopic (exact) mass is 290 g/mol. The summed E-state index contributed by atoms with van der Waals surface area (Å²) in [4.78, 5) is 2.59. The Balaban J connectivity index is 2.07. The van der Waals surface area contributed by atoms with Crippen molar-refractivity contribution >= 4 is 11.3 Å². The lowest BCUT2D eigenvalue weighted by atomic mass is 9.85. The maximum absolute atomic E-state index is 4.48. The number of nitrogens with one attached hydrogen (secondary N) is 1. The van der Waals surface area contributed by atoms with E-state index in [1.54, 1.807) is 0 Å². The van der Waals surface area contributed by atoms with Crippen molar-refractivity contribution in [3.05, 3.63) is 22.3 Å². The molecule has 1 aliphatic heterocycles. The highest BCUT2D eigenvalue weighted by Crippen LogP contribution is 2.36. The van der Waals surface area contributed by atoms with Crippen LogP contribution >= 0.6 is 11.3 Å². The van der Waals surface area contributed by atoms with E-state index in [0.29, 0.717) is 0 Å². The van der Waals surface area contributed by atoms with Crippen molar-refractivity contribution < 1.29 is 0 Å². The Hall–Kier alpha value is -1.20. The van der Waals surface area contributed by atoms with Gasteiger partial charge in [-0.15, -0.1) is 21.5 Å². The van der Waals surface area contributed by atoms with Crippen LogP contribution < -0.4 is 5.32 Å². The second-order valence-electron chi connectivity index (χ2n) is 6.64. The summed E-state index contributed by atoms with van der Waals surface area (Å²) in [5, 5.41) is 12.5. The average Bonchev–Trinajstić information content (AvgIpc) is 2.92. The Labute approximate surface area is 124 Å². The van der Waals surface area contributed by atoms with Crippen LogP contribution in [0.5, 0.6) is 0 Å². The largest absolute Gasteiger partial charge is 0.308 e. The molecule has 3 heterocycles. The minimum atomic E-state index is 0.143. The standard InChI is InChI=1S/C15H22N4S/c1-9-8-11(20-10(9)2)13-17-18-14-12(15(3,4)5)16-6-7-19(13)14/h8,12,16H,6-7H2,1-5H3. The maximum atomic E-state index is 4.48. The summed E-state index contributed by atoms with van der Waals surface area (Å²) >= 11 is 1.81. The zero-order valence-corrected chi connectivity index (χ0v) is 13.6. The molecule has 0 bridgehead atoms. The van der Waals surface area contributed by atoms with Gasteiger partial charge in [0.1, 0.15) is 0 Å². The fraction of sp³-hybridized carbons (Fsp3) is 0.600. The maximum Gasteiger partial charge on any atom is 0.174 e. The lowest BCUT2D eigenvalue weighted by Crippen LogP contribution is -2.40. The van der Waals surface area contributed by atoms with E-state index in [0.717, 1.165) is 24.7 Å². The highest BCUT2D eigenvalue weighted by atomic mass is 32.1. The molecular weight excluding hydrogens is 268 g/mol. The molecule has 1 N–H and O–H groups in total. The van der Waals surface area contributed by atoms with Crippen LogP contribution in [0.2, 0.25) is 0 Å². The van der Waals surface area contributed by atoms with E-state index in [1.165, 1.54) is 15.3 Å². The first-order valence-electron chi connectivity index (χ1n) is 7.12. The van der Waals surface area contributed by atoms with Crippen molar-refractivity contribution in [3.63, 3.8) is 0 Å². The molecule has 5 heteroatoms. The molecule has 2 aromatic rings. The summed E-state index contributed by atoms with van der Waals surface area (Å²) in [5.41, 5.74) is 1.48. The second-order valence-corrected chi connectivity index (χ2v) is 7.89. The van der Waals surface area contributed by atoms with E-state index in [-0.39, 0.29) is 11.5 Å². The summed E-state index contributed by atoms with van der Waals surface area (Å²) in [5.74, 6) is 2.10. The van der Waals surface area contributed by atoms with Gasteiger partial charge in [0.2, 0.25) is 0 Å². The Morgan fingerprint density at radius 2 is 2.05 bits per heavy atom. The van der Waals surface area contributed by atoms with Crippen molar-refractivity contribution in [1.29, 1.82) is 0 Å². The topological polar surface area (TPSA) is 42.7 Å². The van der Waals surface area contributed by atoms with Crippen molar-refractivity contribution in [2.24, 2.45) is 5.41 Å². The van der Waals surface area contributed by atoms with Crippen LogP contribution in [0, 0.1) is 19.3 Å². The summed E-state index contributed by atoms with van der Waals surface area (Å²) in [6.45, 7) is 13.0. The summed E-state index contributed by atoms with van der Waals surface area (Å²) in [7, 11) is 0. The highest BCUT2D eigenvalue weighted by molar-refractivity contribution is 7.15. The third-order valence-corrected chi connectivity index (χ3v) is 5.12. The van der Waals surface area contributed by atoms with Crippen LogP contribution in [-0.2, 0) is 6.54 Å². The summed E-state index contributed by atoms with van der Waals surface area (Å²) in [6.07, 6.45) is 0. The van der Waals surface area contributed by atoms with Crippen LogP contribution in [-0.4, -0.2) is 21.3 Å². The molecule has 0 fully saturated rings.